The van der Waals surface area contributed by atoms with Crippen LogP contribution in [-0.4, -0.2) is 42.3 Å². The van der Waals surface area contributed by atoms with Crippen LogP contribution in [0.1, 0.15) is 21.0 Å². The summed E-state index contributed by atoms with van der Waals surface area (Å²) in [6.45, 7) is 0. The molecule has 147 valence electrons. The normalized spacial score (nSPS) is 9.93. The van der Waals surface area contributed by atoms with Gasteiger partial charge in [0.05, 0.1) is 0 Å². The fraction of sp³-hybridized carbons (Fsp3) is 0. The second-order valence-corrected chi connectivity index (χ2v) is 5.70. The van der Waals surface area contributed by atoms with Crippen LogP contribution in [0.15, 0.2) is 60.7 Å². The Bertz CT molecular complexity index is 1120. The van der Waals surface area contributed by atoms with Crippen molar-refractivity contribution >= 4 is 33.7 Å². The van der Waals surface area contributed by atoms with Crippen LogP contribution in [0.5, 0.6) is 11.5 Å². The molecule has 1 radical (unpaired) electrons. The van der Waals surface area contributed by atoms with E-state index in [0.717, 1.165) is 10.8 Å². The molecule has 4 N–H and O–H groups in total. The van der Waals surface area contributed by atoms with Crippen molar-refractivity contribution in [1.29, 1.82) is 0 Å². The standard InChI is InChI=1S/2C10H7NO3.Mn/c2*12-8-3-1-2-6-4-5-7(10(13)14)11-9(6)8;/h2*1-5,12H,(H,13,14);. The molecule has 0 aliphatic rings. The number of para-hydroxylation sites is 2. The van der Waals surface area contributed by atoms with E-state index in [4.69, 9.17) is 10.2 Å². The van der Waals surface area contributed by atoms with E-state index >= 15 is 0 Å². The molecule has 0 bridgehead atoms. The quantitative estimate of drug-likeness (QED) is 0.353. The average molecular weight is 433 g/mol. The molecule has 2 heterocycles. The van der Waals surface area contributed by atoms with E-state index in [1.807, 2.05) is 0 Å². The van der Waals surface area contributed by atoms with Crippen LogP contribution < -0.4 is 0 Å². The monoisotopic (exact) mass is 433 g/mol. The van der Waals surface area contributed by atoms with Crippen LogP contribution in [0.4, 0.5) is 0 Å². The van der Waals surface area contributed by atoms with Crippen LogP contribution in [0, 0.1) is 0 Å². The van der Waals surface area contributed by atoms with Crippen molar-refractivity contribution in [3.8, 4) is 11.5 Å². The molecule has 2 aromatic heterocycles. The van der Waals surface area contributed by atoms with Gasteiger partial charge in [0, 0.05) is 27.8 Å². The molecule has 0 spiro atoms. The first-order valence-electron chi connectivity index (χ1n) is 8.01. The van der Waals surface area contributed by atoms with Gasteiger partial charge in [-0.15, -0.1) is 0 Å². The summed E-state index contributed by atoms with van der Waals surface area (Å²) in [6.07, 6.45) is 0. The van der Waals surface area contributed by atoms with Crippen LogP contribution in [0.25, 0.3) is 21.8 Å². The third-order valence-corrected chi connectivity index (χ3v) is 3.84. The Morgan fingerprint density at radius 2 is 1.00 bits per heavy atom. The number of phenolic OH excluding ortho intramolecular Hbond substituents is 2. The predicted molar refractivity (Wildman–Crippen MR) is 101 cm³/mol. The summed E-state index contributed by atoms with van der Waals surface area (Å²) in [5, 5.41) is 37.7. The number of carboxylic acids is 2. The first-order chi connectivity index (χ1) is 13.4. The number of carbonyl (C=O) groups is 2. The molecule has 29 heavy (non-hydrogen) atoms. The minimum Gasteiger partial charge on any atom is -0.506 e. The first kappa shape index (κ1) is 21.6. The van der Waals surface area contributed by atoms with E-state index < -0.39 is 11.9 Å². The Morgan fingerprint density at radius 3 is 1.34 bits per heavy atom. The molecule has 4 rings (SSSR count). The summed E-state index contributed by atoms with van der Waals surface area (Å²) < 4.78 is 0. The molecule has 8 nitrogen and oxygen atoms in total. The zero-order chi connectivity index (χ0) is 20.3. The van der Waals surface area contributed by atoms with E-state index in [9.17, 15) is 19.8 Å². The van der Waals surface area contributed by atoms with Crippen LogP contribution in [0.2, 0.25) is 0 Å². The number of phenols is 2. The topological polar surface area (TPSA) is 141 Å². The average Bonchev–Trinajstić information content (AvgIpc) is 2.68. The van der Waals surface area contributed by atoms with Gasteiger partial charge < -0.3 is 20.4 Å². The van der Waals surface area contributed by atoms with Crippen molar-refractivity contribution in [2.75, 3.05) is 0 Å². The molecule has 9 heteroatoms. The number of pyridine rings is 2. The molecule has 0 saturated carbocycles. The molecular formula is C20H14MnN2O6. The summed E-state index contributed by atoms with van der Waals surface area (Å²) in [5.74, 6) is -2.22. The SMILES string of the molecule is O=C(O)c1ccc2cccc(O)c2n1.O=C(O)c1ccc2cccc(O)c2n1.[Mn]. The second kappa shape index (κ2) is 9.01. The maximum atomic E-state index is 10.6. The fourth-order valence-corrected chi connectivity index (χ4v) is 2.50. The number of benzene rings is 2. The van der Waals surface area contributed by atoms with Gasteiger partial charge >= 0.3 is 11.9 Å². The summed E-state index contributed by atoms with van der Waals surface area (Å²) >= 11 is 0. The maximum absolute atomic E-state index is 10.6. The Morgan fingerprint density at radius 1 is 0.621 bits per heavy atom. The summed E-state index contributed by atoms with van der Waals surface area (Å²) in [6, 6.07) is 15.9. The Hall–Kier alpha value is -3.68. The zero-order valence-electron chi connectivity index (χ0n) is 14.7. The van der Waals surface area contributed by atoms with Crippen molar-refractivity contribution in [3.05, 3.63) is 72.1 Å². The molecule has 0 atom stereocenters. The third-order valence-electron chi connectivity index (χ3n) is 3.84. The van der Waals surface area contributed by atoms with Gasteiger partial charge in [-0.25, -0.2) is 19.6 Å². The number of carboxylic acid groups (broad SMARTS) is 2. The van der Waals surface area contributed by atoms with Crippen molar-refractivity contribution in [3.63, 3.8) is 0 Å². The maximum Gasteiger partial charge on any atom is 0.354 e. The number of aromatic carboxylic acids is 2. The van der Waals surface area contributed by atoms with Gasteiger partial charge in [0.25, 0.3) is 0 Å². The molecule has 0 saturated heterocycles. The summed E-state index contributed by atoms with van der Waals surface area (Å²) in [4.78, 5) is 28.9. The van der Waals surface area contributed by atoms with Gasteiger partial charge in [0.2, 0.25) is 0 Å². The molecule has 2 aromatic carbocycles. The number of hydrogen-bond donors (Lipinski definition) is 4. The van der Waals surface area contributed by atoms with E-state index in [0.29, 0.717) is 11.0 Å². The smallest absolute Gasteiger partial charge is 0.354 e. The molecular weight excluding hydrogens is 419 g/mol. The van der Waals surface area contributed by atoms with Crippen LogP contribution >= 0.6 is 0 Å². The van der Waals surface area contributed by atoms with Crippen LogP contribution in [-0.2, 0) is 17.1 Å². The van der Waals surface area contributed by atoms with E-state index in [-0.39, 0.29) is 40.0 Å². The zero-order valence-corrected chi connectivity index (χ0v) is 15.8. The Labute approximate surface area is 174 Å². The number of rotatable bonds is 2. The number of hydrogen-bond acceptors (Lipinski definition) is 6. The van der Waals surface area contributed by atoms with E-state index in [2.05, 4.69) is 9.97 Å². The number of aromatic hydroxyl groups is 2. The first-order valence-corrected chi connectivity index (χ1v) is 8.01. The van der Waals surface area contributed by atoms with Gasteiger partial charge in [0.15, 0.2) is 0 Å². The number of fused-ring (bicyclic) bond motifs is 2. The van der Waals surface area contributed by atoms with E-state index in [1.54, 1.807) is 36.4 Å². The van der Waals surface area contributed by atoms with Gasteiger partial charge in [-0.1, -0.05) is 36.4 Å². The predicted octanol–water partition coefficient (Wildman–Crippen LogP) is 3.27. The fourth-order valence-electron chi connectivity index (χ4n) is 2.50. The Balaban J connectivity index is 0.000000200. The molecule has 0 aliphatic heterocycles. The van der Waals surface area contributed by atoms with Crippen molar-refractivity contribution in [1.82, 2.24) is 9.97 Å². The molecule has 0 aliphatic carbocycles. The number of aromatic nitrogens is 2. The van der Waals surface area contributed by atoms with Crippen molar-refractivity contribution in [2.45, 2.75) is 0 Å². The summed E-state index contributed by atoms with van der Waals surface area (Å²) in [7, 11) is 0. The largest absolute Gasteiger partial charge is 0.506 e. The molecule has 0 amide bonds. The molecule has 0 fully saturated rings. The van der Waals surface area contributed by atoms with Crippen molar-refractivity contribution < 1.29 is 47.1 Å². The van der Waals surface area contributed by atoms with Crippen molar-refractivity contribution in [2.24, 2.45) is 0 Å². The van der Waals surface area contributed by atoms with Gasteiger partial charge in [-0.3, -0.25) is 0 Å². The van der Waals surface area contributed by atoms with E-state index in [1.165, 1.54) is 24.3 Å². The third kappa shape index (κ3) is 4.78. The van der Waals surface area contributed by atoms with Gasteiger partial charge in [-0.2, -0.15) is 0 Å². The van der Waals surface area contributed by atoms with Gasteiger partial charge in [0.1, 0.15) is 33.9 Å². The molecule has 0 unspecified atom stereocenters. The minimum absolute atomic E-state index is 0. The second-order valence-electron chi connectivity index (χ2n) is 5.70. The Kier molecular flexibility index (Phi) is 6.71. The molecule has 4 aromatic rings. The summed E-state index contributed by atoms with van der Waals surface area (Å²) in [5.41, 5.74) is 0.484. The minimum atomic E-state index is -1.10. The number of nitrogens with zero attached hydrogens (tertiary/aromatic N) is 2. The van der Waals surface area contributed by atoms with Gasteiger partial charge in [-0.05, 0) is 24.3 Å². The van der Waals surface area contributed by atoms with Crippen LogP contribution in [0.3, 0.4) is 0 Å².